The van der Waals surface area contributed by atoms with E-state index in [2.05, 4.69) is 11.9 Å². The Bertz CT molecular complexity index is 625. The van der Waals surface area contributed by atoms with Gasteiger partial charge in [-0.1, -0.05) is 6.92 Å². The molecule has 0 bridgehead atoms. The van der Waals surface area contributed by atoms with Gasteiger partial charge in [0.05, 0.1) is 18.1 Å². The topological polar surface area (TPSA) is 81.2 Å². The molecule has 0 radical (unpaired) electrons. The standard InChI is InChI=1S/C15H19N3O2S/c1-3-7-20-11-6-5-10(8-12(11)19-4-2)15-18-9-13(21-15)14(16)17/h5-6,8-9H,3-4,7H2,1-2H3,(H3,16,17). The number of amidine groups is 1. The van der Waals surface area contributed by atoms with Crippen LogP contribution in [-0.2, 0) is 0 Å². The lowest BCUT2D eigenvalue weighted by molar-refractivity contribution is 0.277. The van der Waals surface area contributed by atoms with Gasteiger partial charge in [0.1, 0.15) is 10.8 Å². The number of hydrogen-bond acceptors (Lipinski definition) is 5. The van der Waals surface area contributed by atoms with Crippen molar-refractivity contribution < 1.29 is 9.47 Å². The summed E-state index contributed by atoms with van der Waals surface area (Å²) in [5.74, 6) is 1.49. The third-order valence-corrected chi connectivity index (χ3v) is 3.80. The lowest BCUT2D eigenvalue weighted by Crippen LogP contribution is -2.08. The second-order valence-corrected chi connectivity index (χ2v) is 5.42. The highest BCUT2D eigenvalue weighted by Crippen LogP contribution is 2.34. The van der Waals surface area contributed by atoms with Crippen molar-refractivity contribution in [2.45, 2.75) is 20.3 Å². The minimum atomic E-state index is 0.0340. The third-order valence-electron chi connectivity index (χ3n) is 2.72. The van der Waals surface area contributed by atoms with Gasteiger partial charge in [-0.15, -0.1) is 11.3 Å². The van der Waals surface area contributed by atoms with Crippen LogP contribution in [0.1, 0.15) is 25.1 Å². The lowest BCUT2D eigenvalue weighted by atomic mass is 10.2. The highest BCUT2D eigenvalue weighted by atomic mass is 32.1. The van der Waals surface area contributed by atoms with Crippen molar-refractivity contribution in [3.8, 4) is 22.1 Å². The van der Waals surface area contributed by atoms with Crippen molar-refractivity contribution in [3.05, 3.63) is 29.3 Å². The molecule has 1 aromatic carbocycles. The predicted octanol–water partition coefficient (Wildman–Crippen LogP) is 3.28. The quantitative estimate of drug-likeness (QED) is 0.607. The first-order chi connectivity index (χ1) is 10.2. The Morgan fingerprint density at radius 3 is 2.71 bits per heavy atom. The maximum atomic E-state index is 7.43. The fourth-order valence-electron chi connectivity index (χ4n) is 1.77. The van der Waals surface area contributed by atoms with Crippen LogP contribution in [0.25, 0.3) is 10.6 Å². The molecule has 0 aliphatic carbocycles. The zero-order valence-corrected chi connectivity index (χ0v) is 13.0. The molecule has 1 aromatic heterocycles. The Hall–Kier alpha value is -2.08. The van der Waals surface area contributed by atoms with Crippen molar-refractivity contribution in [1.29, 1.82) is 5.41 Å². The second-order valence-electron chi connectivity index (χ2n) is 4.39. The van der Waals surface area contributed by atoms with E-state index >= 15 is 0 Å². The first-order valence-electron chi connectivity index (χ1n) is 6.86. The van der Waals surface area contributed by atoms with Gasteiger partial charge in [0.25, 0.3) is 0 Å². The number of nitrogen functional groups attached to an aromatic ring is 1. The maximum Gasteiger partial charge on any atom is 0.161 e. The Kier molecular flexibility index (Phi) is 5.16. The van der Waals surface area contributed by atoms with E-state index in [9.17, 15) is 0 Å². The molecule has 0 aliphatic heterocycles. The molecule has 0 unspecified atom stereocenters. The van der Waals surface area contributed by atoms with Gasteiger partial charge in [-0.05, 0) is 31.5 Å². The summed E-state index contributed by atoms with van der Waals surface area (Å²) >= 11 is 1.39. The van der Waals surface area contributed by atoms with Crippen LogP contribution in [0, 0.1) is 5.41 Å². The monoisotopic (exact) mass is 305 g/mol. The lowest BCUT2D eigenvalue weighted by Gasteiger charge is -2.12. The molecule has 2 aromatic rings. The van der Waals surface area contributed by atoms with Crippen LogP contribution in [-0.4, -0.2) is 24.0 Å². The van der Waals surface area contributed by atoms with Crippen LogP contribution in [0.4, 0.5) is 0 Å². The van der Waals surface area contributed by atoms with Crippen LogP contribution < -0.4 is 15.2 Å². The Labute approximate surface area is 128 Å². The van der Waals surface area contributed by atoms with Gasteiger partial charge >= 0.3 is 0 Å². The van der Waals surface area contributed by atoms with Crippen molar-refractivity contribution in [3.63, 3.8) is 0 Å². The normalized spacial score (nSPS) is 10.4. The molecule has 3 N–H and O–H groups in total. The van der Waals surface area contributed by atoms with E-state index < -0.39 is 0 Å². The largest absolute Gasteiger partial charge is 0.490 e. The van der Waals surface area contributed by atoms with Crippen LogP contribution in [0.15, 0.2) is 24.4 Å². The first-order valence-corrected chi connectivity index (χ1v) is 7.67. The predicted molar refractivity (Wildman–Crippen MR) is 85.5 cm³/mol. The zero-order chi connectivity index (χ0) is 15.2. The van der Waals surface area contributed by atoms with Gasteiger partial charge in [0.15, 0.2) is 11.5 Å². The number of benzene rings is 1. The minimum Gasteiger partial charge on any atom is -0.490 e. The van der Waals surface area contributed by atoms with Crippen molar-refractivity contribution in [2.75, 3.05) is 13.2 Å². The van der Waals surface area contributed by atoms with E-state index in [1.54, 1.807) is 6.20 Å². The molecule has 0 spiro atoms. The smallest absolute Gasteiger partial charge is 0.161 e. The highest BCUT2D eigenvalue weighted by Gasteiger charge is 2.11. The summed E-state index contributed by atoms with van der Waals surface area (Å²) in [6.07, 6.45) is 2.56. The van der Waals surface area contributed by atoms with Crippen LogP contribution >= 0.6 is 11.3 Å². The van der Waals surface area contributed by atoms with Gasteiger partial charge in [0.2, 0.25) is 0 Å². The fraction of sp³-hybridized carbons (Fsp3) is 0.333. The summed E-state index contributed by atoms with van der Waals surface area (Å²) in [6, 6.07) is 5.75. The summed E-state index contributed by atoms with van der Waals surface area (Å²) < 4.78 is 11.3. The number of nitrogens with zero attached hydrogens (tertiary/aromatic N) is 1. The Balaban J connectivity index is 2.31. The summed E-state index contributed by atoms with van der Waals surface area (Å²) in [4.78, 5) is 4.96. The molecule has 0 saturated heterocycles. The number of aromatic nitrogens is 1. The highest BCUT2D eigenvalue weighted by molar-refractivity contribution is 7.16. The zero-order valence-electron chi connectivity index (χ0n) is 12.2. The molecule has 0 saturated carbocycles. The van der Waals surface area contributed by atoms with Gasteiger partial charge in [-0.2, -0.15) is 0 Å². The van der Waals surface area contributed by atoms with E-state index in [1.807, 2.05) is 25.1 Å². The molecule has 2 rings (SSSR count). The summed E-state index contributed by atoms with van der Waals surface area (Å²) in [5.41, 5.74) is 6.40. The van der Waals surface area contributed by atoms with E-state index in [-0.39, 0.29) is 5.84 Å². The maximum absolute atomic E-state index is 7.43. The van der Waals surface area contributed by atoms with Crippen molar-refractivity contribution >= 4 is 17.2 Å². The number of rotatable bonds is 7. The molecule has 21 heavy (non-hydrogen) atoms. The third kappa shape index (κ3) is 3.72. The van der Waals surface area contributed by atoms with Gasteiger partial charge in [-0.25, -0.2) is 4.98 Å². The SMILES string of the molecule is CCCOc1ccc(-c2ncc(C(=N)N)s2)cc1OCC. The average molecular weight is 305 g/mol. The molecule has 1 heterocycles. The van der Waals surface area contributed by atoms with Gasteiger partial charge in [0, 0.05) is 11.8 Å². The van der Waals surface area contributed by atoms with Crippen LogP contribution in [0.2, 0.25) is 0 Å². The number of nitrogens with one attached hydrogen (secondary N) is 1. The number of nitrogens with two attached hydrogens (primary N) is 1. The molecule has 0 atom stereocenters. The molecule has 0 aliphatic rings. The first kappa shape index (κ1) is 15.3. The summed E-state index contributed by atoms with van der Waals surface area (Å²) in [6.45, 7) is 5.23. The second kappa shape index (κ2) is 7.08. The Morgan fingerprint density at radius 1 is 1.29 bits per heavy atom. The number of thiazole rings is 1. The van der Waals surface area contributed by atoms with E-state index in [0.29, 0.717) is 23.8 Å². The Morgan fingerprint density at radius 2 is 2.10 bits per heavy atom. The van der Waals surface area contributed by atoms with E-state index in [1.165, 1.54) is 11.3 Å². The average Bonchev–Trinajstić information content (AvgIpc) is 2.96. The molecule has 0 fully saturated rings. The summed E-state index contributed by atoms with van der Waals surface area (Å²) in [5, 5.41) is 8.24. The molecule has 0 amide bonds. The fourth-order valence-corrected chi connectivity index (χ4v) is 2.55. The van der Waals surface area contributed by atoms with Crippen LogP contribution in [0.3, 0.4) is 0 Å². The number of hydrogen-bond donors (Lipinski definition) is 2. The molecule has 6 heteroatoms. The minimum absolute atomic E-state index is 0.0340. The molecule has 5 nitrogen and oxygen atoms in total. The van der Waals surface area contributed by atoms with Gasteiger partial charge in [-0.3, -0.25) is 5.41 Å². The van der Waals surface area contributed by atoms with Gasteiger partial charge < -0.3 is 15.2 Å². The number of ether oxygens (including phenoxy) is 2. The van der Waals surface area contributed by atoms with Crippen molar-refractivity contribution in [2.24, 2.45) is 5.73 Å². The molecular formula is C15H19N3O2S. The van der Waals surface area contributed by atoms with E-state index in [0.717, 1.165) is 22.7 Å². The van der Waals surface area contributed by atoms with Crippen LogP contribution in [0.5, 0.6) is 11.5 Å². The van der Waals surface area contributed by atoms with Crippen molar-refractivity contribution in [1.82, 2.24) is 4.98 Å². The molecular weight excluding hydrogens is 286 g/mol. The summed E-state index contributed by atoms with van der Waals surface area (Å²) in [7, 11) is 0. The van der Waals surface area contributed by atoms with E-state index in [4.69, 9.17) is 20.6 Å². The molecule has 112 valence electrons.